The molecule has 1 aliphatic rings. The molecule has 0 aliphatic carbocycles. The van der Waals surface area contributed by atoms with Crippen molar-refractivity contribution in [1.82, 2.24) is 10.1 Å². The second-order valence-electron chi connectivity index (χ2n) is 3.89. The molecule has 0 saturated heterocycles. The molecular formula is C13H10F2N2. The van der Waals surface area contributed by atoms with Crippen molar-refractivity contribution in [3.63, 3.8) is 0 Å². The number of H-pyrrole nitrogens is 1. The lowest BCUT2D eigenvalue weighted by Gasteiger charge is -2.19. The van der Waals surface area contributed by atoms with Crippen LogP contribution in [0.5, 0.6) is 0 Å². The van der Waals surface area contributed by atoms with Crippen molar-refractivity contribution >= 4 is 16.6 Å². The first kappa shape index (κ1) is 10.1. The van der Waals surface area contributed by atoms with Crippen molar-refractivity contribution in [2.24, 2.45) is 0 Å². The highest BCUT2D eigenvalue weighted by Gasteiger charge is 2.17. The van der Waals surface area contributed by atoms with Crippen molar-refractivity contribution < 1.29 is 8.87 Å². The third-order valence-electron chi connectivity index (χ3n) is 2.86. The maximum Gasteiger partial charge on any atom is 0.156 e. The Morgan fingerprint density at radius 1 is 1.24 bits per heavy atom. The Balaban J connectivity index is 2.20. The molecule has 2 heterocycles. The first-order chi connectivity index (χ1) is 8.27. The molecule has 4 heteroatoms. The number of hydrogen-bond acceptors (Lipinski definition) is 1. The van der Waals surface area contributed by atoms with Gasteiger partial charge >= 0.3 is 0 Å². The minimum Gasteiger partial charge on any atom is -0.359 e. The van der Waals surface area contributed by atoms with Gasteiger partial charge in [0, 0.05) is 17.1 Å². The van der Waals surface area contributed by atoms with E-state index in [-0.39, 0.29) is 17.8 Å². The smallest absolute Gasteiger partial charge is 0.156 e. The molecule has 1 aliphatic heterocycles. The molecular weight excluding hydrogens is 222 g/mol. The predicted molar refractivity (Wildman–Crippen MR) is 63.2 cm³/mol. The van der Waals surface area contributed by atoms with Crippen LogP contribution in [-0.4, -0.2) is 16.7 Å². The van der Waals surface area contributed by atoms with E-state index in [9.17, 15) is 8.87 Å². The van der Waals surface area contributed by atoms with Gasteiger partial charge in [0.25, 0.3) is 0 Å². The summed E-state index contributed by atoms with van der Waals surface area (Å²) in [5, 5.41) is 1.32. The van der Waals surface area contributed by atoms with E-state index in [1.165, 1.54) is 0 Å². The average molecular weight is 232 g/mol. The van der Waals surface area contributed by atoms with Gasteiger partial charge in [-0.25, -0.2) is 9.51 Å². The van der Waals surface area contributed by atoms with Crippen molar-refractivity contribution in [3.8, 4) is 0 Å². The molecule has 1 aromatic heterocycles. The molecule has 0 spiro atoms. The van der Waals surface area contributed by atoms with Gasteiger partial charge in [-0.05, 0) is 18.2 Å². The van der Waals surface area contributed by atoms with E-state index in [1.807, 2.05) is 0 Å². The molecule has 0 atom stereocenters. The van der Waals surface area contributed by atoms with Gasteiger partial charge in [0.15, 0.2) is 5.82 Å². The van der Waals surface area contributed by atoms with Gasteiger partial charge < -0.3 is 4.98 Å². The molecule has 1 N–H and O–H groups in total. The number of nitrogens with one attached hydrogen (secondary N) is 1. The summed E-state index contributed by atoms with van der Waals surface area (Å²) >= 11 is 0. The number of fused-ring (bicyclic) bond motifs is 1. The van der Waals surface area contributed by atoms with Crippen LogP contribution >= 0.6 is 0 Å². The molecule has 3 rings (SSSR count). The fraction of sp³-hybridized carbons (Fsp3) is 0.0769. The normalized spacial score (nSPS) is 15.4. The Labute approximate surface area is 96.8 Å². The number of nitrogens with zero attached hydrogens (tertiary/aromatic N) is 1. The second kappa shape index (κ2) is 3.73. The molecule has 1 aromatic carbocycles. The highest BCUT2D eigenvalue weighted by molar-refractivity contribution is 5.84. The summed E-state index contributed by atoms with van der Waals surface area (Å²) in [6.45, 7) is 0.147. The van der Waals surface area contributed by atoms with E-state index in [1.54, 1.807) is 42.6 Å². The highest BCUT2D eigenvalue weighted by Crippen LogP contribution is 2.28. The average Bonchev–Trinajstić information content (AvgIpc) is 2.80. The Morgan fingerprint density at radius 3 is 2.94 bits per heavy atom. The van der Waals surface area contributed by atoms with Crippen LogP contribution in [0.1, 0.15) is 5.56 Å². The monoisotopic (exact) mass is 232 g/mol. The molecule has 0 radical (unpaired) electrons. The summed E-state index contributed by atoms with van der Waals surface area (Å²) in [6, 6.07) is 5.16. The summed E-state index contributed by atoms with van der Waals surface area (Å²) in [7, 11) is 0. The highest BCUT2D eigenvalue weighted by atomic mass is 19.2. The number of halogens is 2. The van der Waals surface area contributed by atoms with Gasteiger partial charge in [-0.2, -0.15) is 0 Å². The quantitative estimate of drug-likeness (QED) is 0.746. The fourth-order valence-electron chi connectivity index (χ4n) is 2.00. The van der Waals surface area contributed by atoms with Gasteiger partial charge in [-0.1, -0.05) is 22.7 Å². The number of rotatable bonds is 1. The van der Waals surface area contributed by atoms with Crippen LogP contribution < -0.4 is 0 Å². The topological polar surface area (TPSA) is 19.0 Å². The molecule has 0 unspecified atom stereocenters. The summed E-state index contributed by atoms with van der Waals surface area (Å²) in [5.41, 5.74) is 0.930. The molecule has 0 bridgehead atoms. The maximum absolute atomic E-state index is 14.2. The molecule has 86 valence electrons. The summed E-state index contributed by atoms with van der Waals surface area (Å²) < 4.78 is 27.7. The maximum atomic E-state index is 14.2. The van der Waals surface area contributed by atoms with Crippen LogP contribution in [0.3, 0.4) is 0 Å². The summed E-state index contributed by atoms with van der Waals surface area (Å²) in [4.78, 5) is 2.82. The summed E-state index contributed by atoms with van der Waals surface area (Å²) in [6.07, 6.45) is 6.63. The fourth-order valence-corrected chi connectivity index (χ4v) is 2.00. The lowest BCUT2D eigenvalue weighted by Crippen LogP contribution is -2.15. The SMILES string of the molecule is Fc1c(C2=CC=CCN2F)ccc2cc[nH]c12. The summed E-state index contributed by atoms with van der Waals surface area (Å²) in [5.74, 6) is -0.420. The van der Waals surface area contributed by atoms with Crippen LogP contribution in [0.25, 0.3) is 16.6 Å². The minimum absolute atomic E-state index is 0.147. The molecule has 0 amide bonds. The van der Waals surface area contributed by atoms with Gasteiger partial charge in [0.05, 0.1) is 17.8 Å². The molecule has 2 aromatic rings. The van der Waals surface area contributed by atoms with Crippen LogP contribution in [0.15, 0.2) is 42.6 Å². The predicted octanol–water partition coefficient (Wildman–Crippen LogP) is 3.40. The van der Waals surface area contributed by atoms with Crippen molar-refractivity contribution in [1.29, 1.82) is 0 Å². The third-order valence-corrected chi connectivity index (χ3v) is 2.86. The zero-order valence-electron chi connectivity index (χ0n) is 8.95. The van der Waals surface area contributed by atoms with E-state index >= 15 is 0 Å². The number of allylic oxidation sites excluding steroid dienone is 2. The van der Waals surface area contributed by atoms with E-state index in [4.69, 9.17) is 0 Å². The van der Waals surface area contributed by atoms with Gasteiger partial charge in [0.1, 0.15) is 0 Å². The van der Waals surface area contributed by atoms with E-state index < -0.39 is 5.82 Å². The standard InChI is InChI=1S/C13H10F2N2/c14-12-10(11-3-1-2-8-17(11)15)5-4-9-6-7-16-13(9)12/h1-7,16H,8H2. The lowest BCUT2D eigenvalue weighted by molar-refractivity contribution is 0.121. The third kappa shape index (κ3) is 1.53. The minimum atomic E-state index is -0.420. The Bertz CT molecular complexity index is 625. The van der Waals surface area contributed by atoms with Crippen molar-refractivity contribution in [2.75, 3.05) is 6.54 Å². The Morgan fingerprint density at radius 2 is 2.12 bits per heavy atom. The van der Waals surface area contributed by atoms with Crippen molar-refractivity contribution in [2.45, 2.75) is 0 Å². The Hall–Kier alpha value is -2.10. The second-order valence-corrected chi connectivity index (χ2v) is 3.89. The molecule has 0 saturated carbocycles. The van der Waals surface area contributed by atoms with Crippen molar-refractivity contribution in [3.05, 3.63) is 54.0 Å². The first-order valence-corrected chi connectivity index (χ1v) is 5.33. The lowest BCUT2D eigenvalue weighted by atomic mass is 10.1. The zero-order chi connectivity index (χ0) is 11.8. The molecule has 0 fully saturated rings. The van der Waals surface area contributed by atoms with Crippen LogP contribution in [0.2, 0.25) is 0 Å². The van der Waals surface area contributed by atoms with Crippen LogP contribution in [-0.2, 0) is 0 Å². The zero-order valence-corrected chi connectivity index (χ0v) is 8.95. The Kier molecular flexibility index (Phi) is 2.21. The number of benzene rings is 1. The van der Waals surface area contributed by atoms with Gasteiger partial charge in [0.2, 0.25) is 0 Å². The molecule has 17 heavy (non-hydrogen) atoms. The van der Waals surface area contributed by atoms with Crippen LogP contribution in [0, 0.1) is 5.82 Å². The van der Waals surface area contributed by atoms with Gasteiger partial charge in [-0.15, -0.1) is 0 Å². The number of hydrogen-bond donors (Lipinski definition) is 1. The van der Waals surface area contributed by atoms with Gasteiger partial charge in [-0.3, -0.25) is 0 Å². The first-order valence-electron chi connectivity index (χ1n) is 5.33. The largest absolute Gasteiger partial charge is 0.359 e. The van der Waals surface area contributed by atoms with E-state index in [2.05, 4.69) is 4.98 Å². The number of aromatic amines is 1. The number of aromatic nitrogens is 1. The van der Waals surface area contributed by atoms with E-state index in [0.717, 1.165) is 5.39 Å². The van der Waals surface area contributed by atoms with E-state index in [0.29, 0.717) is 10.6 Å². The van der Waals surface area contributed by atoms with Crippen LogP contribution in [0.4, 0.5) is 8.87 Å². The molecule has 2 nitrogen and oxygen atoms in total.